The molecule has 3 heteroatoms. The second-order valence-electron chi connectivity index (χ2n) is 3.61. The van der Waals surface area contributed by atoms with Gasteiger partial charge < -0.3 is 5.11 Å². The van der Waals surface area contributed by atoms with Gasteiger partial charge in [-0.15, -0.1) is 11.8 Å². The largest absolute Gasteiger partial charge is 0.392 e. The van der Waals surface area contributed by atoms with E-state index in [1.54, 1.807) is 11.8 Å². The molecule has 0 bridgehead atoms. The Morgan fingerprint density at radius 3 is 2.50 bits per heavy atom. The zero-order valence-electron chi connectivity index (χ0n) is 7.82. The second kappa shape index (κ2) is 4.56. The smallest absolute Gasteiger partial charge is 0.0662 e. The first-order valence-corrected chi connectivity index (χ1v) is 6.12. The molecule has 1 aliphatic carbocycles. The van der Waals surface area contributed by atoms with E-state index in [0.717, 1.165) is 24.3 Å². The van der Waals surface area contributed by atoms with Crippen LogP contribution in [0.1, 0.15) is 19.3 Å². The number of aliphatic hydroxyl groups is 1. The van der Waals surface area contributed by atoms with Gasteiger partial charge in [0, 0.05) is 15.2 Å². The van der Waals surface area contributed by atoms with Gasteiger partial charge >= 0.3 is 0 Å². The Balaban J connectivity index is 2.00. The number of halogens is 1. The van der Waals surface area contributed by atoms with E-state index >= 15 is 0 Å². The Kier molecular flexibility index (Phi) is 3.37. The molecule has 0 spiro atoms. The molecule has 0 amide bonds. The summed E-state index contributed by atoms with van der Waals surface area (Å²) in [5, 5.41) is 10.8. The molecule has 1 saturated carbocycles. The lowest BCUT2D eigenvalue weighted by Crippen LogP contribution is -2.14. The molecular formula is C11H13ClOS. The molecular weight excluding hydrogens is 216 g/mol. The van der Waals surface area contributed by atoms with E-state index < -0.39 is 0 Å². The highest BCUT2D eigenvalue weighted by Crippen LogP contribution is 2.35. The topological polar surface area (TPSA) is 20.2 Å². The molecule has 0 aromatic heterocycles. The molecule has 2 unspecified atom stereocenters. The van der Waals surface area contributed by atoms with Crippen LogP contribution < -0.4 is 0 Å². The molecule has 14 heavy (non-hydrogen) atoms. The highest BCUT2D eigenvalue weighted by atomic mass is 35.5. The summed E-state index contributed by atoms with van der Waals surface area (Å²) in [6, 6.07) is 7.81. The number of thioether (sulfide) groups is 1. The Labute approximate surface area is 93.5 Å². The molecule has 1 aromatic carbocycles. The first-order chi connectivity index (χ1) is 6.75. The van der Waals surface area contributed by atoms with Crippen molar-refractivity contribution >= 4 is 23.4 Å². The third-order valence-corrected chi connectivity index (χ3v) is 4.17. The summed E-state index contributed by atoms with van der Waals surface area (Å²) >= 11 is 7.56. The molecule has 0 radical (unpaired) electrons. The van der Waals surface area contributed by atoms with Crippen molar-refractivity contribution in [2.75, 3.05) is 0 Å². The summed E-state index contributed by atoms with van der Waals surface area (Å²) in [7, 11) is 0. The van der Waals surface area contributed by atoms with E-state index in [2.05, 4.69) is 0 Å². The number of rotatable bonds is 2. The molecule has 1 fully saturated rings. The van der Waals surface area contributed by atoms with Crippen LogP contribution in [-0.4, -0.2) is 16.5 Å². The summed E-state index contributed by atoms with van der Waals surface area (Å²) < 4.78 is 0. The van der Waals surface area contributed by atoms with E-state index in [0.29, 0.717) is 5.25 Å². The average molecular weight is 229 g/mol. The van der Waals surface area contributed by atoms with Crippen LogP contribution in [0.5, 0.6) is 0 Å². The van der Waals surface area contributed by atoms with E-state index in [1.165, 1.54) is 4.90 Å². The Bertz CT molecular complexity index is 299. The summed E-state index contributed by atoms with van der Waals surface area (Å²) in [5.74, 6) is 0. The SMILES string of the molecule is OC1CCCC1Sc1ccc(Cl)cc1. The summed E-state index contributed by atoms with van der Waals surface area (Å²) in [5.41, 5.74) is 0. The number of benzene rings is 1. The van der Waals surface area contributed by atoms with Crippen molar-refractivity contribution in [1.82, 2.24) is 0 Å². The molecule has 2 rings (SSSR count). The minimum atomic E-state index is -0.129. The van der Waals surface area contributed by atoms with Gasteiger partial charge in [-0.1, -0.05) is 11.6 Å². The van der Waals surface area contributed by atoms with Crippen LogP contribution in [0.25, 0.3) is 0 Å². The summed E-state index contributed by atoms with van der Waals surface area (Å²) in [6.07, 6.45) is 3.09. The molecule has 1 aliphatic rings. The minimum absolute atomic E-state index is 0.129. The molecule has 2 atom stereocenters. The van der Waals surface area contributed by atoms with E-state index in [9.17, 15) is 5.11 Å². The van der Waals surface area contributed by atoms with Gasteiger partial charge in [0.25, 0.3) is 0 Å². The van der Waals surface area contributed by atoms with Crippen LogP contribution in [0.2, 0.25) is 5.02 Å². The van der Waals surface area contributed by atoms with Crippen molar-refractivity contribution in [1.29, 1.82) is 0 Å². The maximum atomic E-state index is 9.66. The lowest BCUT2D eigenvalue weighted by Gasteiger charge is -2.13. The van der Waals surface area contributed by atoms with Gasteiger partial charge in [-0.2, -0.15) is 0 Å². The van der Waals surface area contributed by atoms with Crippen molar-refractivity contribution in [3.05, 3.63) is 29.3 Å². The first-order valence-electron chi connectivity index (χ1n) is 4.86. The fourth-order valence-corrected chi connectivity index (χ4v) is 3.08. The molecule has 1 N–H and O–H groups in total. The highest BCUT2D eigenvalue weighted by molar-refractivity contribution is 8.00. The lowest BCUT2D eigenvalue weighted by atomic mass is 10.3. The Morgan fingerprint density at radius 2 is 1.93 bits per heavy atom. The quantitative estimate of drug-likeness (QED) is 0.838. The van der Waals surface area contributed by atoms with Gasteiger partial charge in [0.2, 0.25) is 0 Å². The normalized spacial score (nSPS) is 26.7. The minimum Gasteiger partial charge on any atom is -0.392 e. The molecule has 76 valence electrons. The molecule has 0 aliphatic heterocycles. The summed E-state index contributed by atoms with van der Waals surface area (Å²) in [6.45, 7) is 0. The predicted molar refractivity (Wildman–Crippen MR) is 61.0 cm³/mol. The zero-order valence-corrected chi connectivity index (χ0v) is 9.39. The van der Waals surface area contributed by atoms with Crippen LogP contribution in [0.15, 0.2) is 29.2 Å². The zero-order chi connectivity index (χ0) is 9.97. The standard InChI is InChI=1S/C11H13ClOS/c12-8-4-6-9(7-5-8)14-11-3-1-2-10(11)13/h4-7,10-11,13H,1-3H2. The average Bonchev–Trinajstić information content (AvgIpc) is 2.56. The molecule has 1 aromatic rings. The van der Waals surface area contributed by atoms with Gasteiger partial charge in [-0.3, -0.25) is 0 Å². The number of hydrogen-bond donors (Lipinski definition) is 1. The Morgan fingerprint density at radius 1 is 1.21 bits per heavy atom. The maximum Gasteiger partial charge on any atom is 0.0662 e. The first kappa shape index (κ1) is 10.3. The molecule has 0 heterocycles. The van der Waals surface area contributed by atoms with Crippen LogP contribution in [-0.2, 0) is 0 Å². The lowest BCUT2D eigenvalue weighted by molar-refractivity contribution is 0.188. The fraction of sp³-hybridized carbons (Fsp3) is 0.455. The molecule has 0 saturated heterocycles. The summed E-state index contributed by atoms with van der Waals surface area (Å²) in [4.78, 5) is 1.19. The second-order valence-corrected chi connectivity index (χ2v) is 5.36. The highest BCUT2D eigenvalue weighted by Gasteiger charge is 2.25. The Hall–Kier alpha value is -0.180. The van der Waals surface area contributed by atoms with Gasteiger partial charge in [-0.05, 0) is 43.5 Å². The van der Waals surface area contributed by atoms with Crippen molar-refractivity contribution < 1.29 is 5.11 Å². The number of aliphatic hydroxyl groups excluding tert-OH is 1. The third-order valence-electron chi connectivity index (χ3n) is 2.52. The number of hydrogen-bond acceptors (Lipinski definition) is 2. The molecule has 1 nitrogen and oxygen atoms in total. The predicted octanol–water partition coefficient (Wildman–Crippen LogP) is 3.35. The van der Waals surface area contributed by atoms with Gasteiger partial charge in [0.15, 0.2) is 0 Å². The van der Waals surface area contributed by atoms with E-state index in [4.69, 9.17) is 11.6 Å². The van der Waals surface area contributed by atoms with Crippen molar-refractivity contribution in [3.63, 3.8) is 0 Å². The fourth-order valence-electron chi connectivity index (χ4n) is 1.73. The van der Waals surface area contributed by atoms with Crippen molar-refractivity contribution in [2.45, 2.75) is 35.5 Å². The van der Waals surface area contributed by atoms with Gasteiger partial charge in [0.1, 0.15) is 0 Å². The van der Waals surface area contributed by atoms with Gasteiger partial charge in [0.05, 0.1) is 6.10 Å². The van der Waals surface area contributed by atoms with E-state index in [1.807, 2.05) is 24.3 Å². The van der Waals surface area contributed by atoms with E-state index in [-0.39, 0.29) is 6.10 Å². The maximum absolute atomic E-state index is 9.66. The van der Waals surface area contributed by atoms with Crippen LogP contribution in [0.3, 0.4) is 0 Å². The van der Waals surface area contributed by atoms with Crippen LogP contribution >= 0.6 is 23.4 Å². The van der Waals surface area contributed by atoms with Crippen molar-refractivity contribution in [2.24, 2.45) is 0 Å². The van der Waals surface area contributed by atoms with Crippen molar-refractivity contribution in [3.8, 4) is 0 Å². The van der Waals surface area contributed by atoms with Gasteiger partial charge in [-0.25, -0.2) is 0 Å². The van der Waals surface area contributed by atoms with Crippen LogP contribution in [0, 0.1) is 0 Å². The third kappa shape index (κ3) is 2.44. The monoisotopic (exact) mass is 228 g/mol. The van der Waals surface area contributed by atoms with Crippen LogP contribution in [0.4, 0.5) is 0 Å².